The Kier molecular flexibility index (Phi) is 4.25. The van der Waals surface area contributed by atoms with Gasteiger partial charge in [0.1, 0.15) is 0 Å². The summed E-state index contributed by atoms with van der Waals surface area (Å²) < 4.78 is 0. The van der Waals surface area contributed by atoms with Gasteiger partial charge in [0.05, 0.1) is 0 Å². The summed E-state index contributed by atoms with van der Waals surface area (Å²) in [5.41, 5.74) is 0. The quantitative estimate of drug-likeness (QED) is 0.772. The lowest BCUT2D eigenvalue weighted by molar-refractivity contribution is 0.307. The van der Waals surface area contributed by atoms with Crippen LogP contribution in [0.2, 0.25) is 0 Å². The van der Waals surface area contributed by atoms with E-state index in [-0.39, 0.29) is 0 Å². The zero-order chi connectivity index (χ0) is 12.4. The van der Waals surface area contributed by atoms with Gasteiger partial charge in [0.15, 0.2) is 0 Å². The second kappa shape index (κ2) is 5.92. The third-order valence-corrected chi connectivity index (χ3v) is 5.33. The van der Waals surface area contributed by atoms with Gasteiger partial charge in [-0.1, -0.05) is 19.8 Å². The smallest absolute Gasteiger partial charge is 0.00965 e. The molecule has 3 aliphatic rings. The van der Waals surface area contributed by atoms with Crippen molar-refractivity contribution in [3.8, 4) is 0 Å². The van der Waals surface area contributed by atoms with Crippen LogP contribution in [0.1, 0.15) is 58.3 Å². The van der Waals surface area contributed by atoms with Gasteiger partial charge < -0.3 is 10.2 Å². The topological polar surface area (TPSA) is 15.3 Å². The van der Waals surface area contributed by atoms with Gasteiger partial charge >= 0.3 is 0 Å². The van der Waals surface area contributed by atoms with Crippen molar-refractivity contribution in [3.63, 3.8) is 0 Å². The fourth-order valence-corrected chi connectivity index (χ4v) is 3.83. The third-order valence-electron chi connectivity index (χ3n) is 5.33. The summed E-state index contributed by atoms with van der Waals surface area (Å²) in [5.74, 6) is 1.90. The highest BCUT2D eigenvalue weighted by Gasteiger charge is 2.34. The van der Waals surface area contributed by atoms with E-state index in [0.29, 0.717) is 0 Å². The molecule has 1 aliphatic heterocycles. The lowest BCUT2D eigenvalue weighted by atomic mass is 10.0. The molecule has 3 fully saturated rings. The maximum absolute atomic E-state index is 3.88. The van der Waals surface area contributed by atoms with Crippen LogP contribution in [0.5, 0.6) is 0 Å². The Bertz CT molecular complexity index is 262. The summed E-state index contributed by atoms with van der Waals surface area (Å²) in [6.45, 7) is 6.45. The molecule has 2 saturated carbocycles. The summed E-state index contributed by atoms with van der Waals surface area (Å²) in [6.07, 6.45) is 11.6. The molecule has 3 unspecified atom stereocenters. The Balaban J connectivity index is 1.36. The van der Waals surface area contributed by atoms with Crippen molar-refractivity contribution in [2.75, 3.05) is 19.6 Å². The molecule has 0 spiro atoms. The van der Waals surface area contributed by atoms with Gasteiger partial charge in [0.25, 0.3) is 0 Å². The fourth-order valence-electron chi connectivity index (χ4n) is 3.83. The van der Waals surface area contributed by atoms with E-state index in [1.54, 1.807) is 0 Å². The van der Waals surface area contributed by atoms with Gasteiger partial charge in [0.2, 0.25) is 0 Å². The van der Waals surface area contributed by atoms with E-state index in [1.165, 1.54) is 71.0 Å². The molecule has 2 aliphatic carbocycles. The van der Waals surface area contributed by atoms with Gasteiger partial charge in [-0.3, -0.25) is 0 Å². The molecule has 3 atom stereocenters. The summed E-state index contributed by atoms with van der Waals surface area (Å²) in [4.78, 5) is 2.74. The van der Waals surface area contributed by atoms with Gasteiger partial charge in [-0.05, 0) is 63.5 Å². The van der Waals surface area contributed by atoms with E-state index < -0.39 is 0 Å². The molecule has 2 heteroatoms. The molecule has 3 rings (SSSR count). The van der Waals surface area contributed by atoms with Crippen LogP contribution < -0.4 is 5.32 Å². The van der Waals surface area contributed by atoms with E-state index in [1.807, 2.05) is 0 Å². The fraction of sp³-hybridized carbons (Fsp3) is 1.00. The van der Waals surface area contributed by atoms with Crippen molar-refractivity contribution in [1.29, 1.82) is 0 Å². The lowest BCUT2D eigenvalue weighted by Gasteiger charge is -2.20. The standard InChI is InChI=1S/C16H30N2/c1-13-3-2-4-15(6-5-13)17-11-14-9-10-18(12-14)16-7-8-16/h13-17H,2-12H2,1H3. The van der Waals surface area contributed by atoms with E-state index in [0.717, 1.165) is 23.9 Å². The summed E-state index contributed by atoms with van der Waals surface area (Å²) in [5, 5.41) is 3.88. The molecule has 18 heavy (non-hydrogen) atoms. The number of hydrogen-bond donors (Lipinski definition) is 1. The molecule has 1 saturated heterocycles. The molecule has 1 heterocycles. The van der Waals surface area contributed by atoms with Crippen molar-refractivity contribution in [3.05, 3.63) is 0 Å². The van der Waals surface area contributed by atoms with Gasteiger partial charge in [-0.25, -0.2) is 0 Å². The molecular weight excluding hydrogens is 220 g/mol. The number of rotatable bonds is 4. The van der Waals surface area contributed by atoms with Crippen molar-refractivity contribution >= 4 is 0 Å². The second-order valence-corrected chi connectivity index (χ2v) is 7.10. The highest BCUT2D eigenvalue weighted by molar-refractivity contribution is 4.90. The highest BCUT2D eigenvalue weighted by Crippen LogP contribution is 2.31. The SMILES string of the molecule is CC1CCCC(NCC2CCN(C3CC3)C2)CC1. The molecule has 1 N–H and O–H groups in total. The van der Waals surface area contributed by atoms with Gasteiger partial charge in [-0.15, -0.1) is 0 Å². The summed E-state index contributed by atoms with van der Waals surface area (Å²) in [7, 11) is 0. The van der Waals surface area contributed by atoms with Crippen LogP contribution in [0.4, 0.5) is 0 Å². The number of hydrogen-bond acceptors (Lipinski definition) is 2. The van der Waals surface area contributed by atoms with Crippen LogP contribution in [0, 0.1) is 11.8 Å². The average molecular weight is 250 g/mol. The number of nitrogens with one attached hydrogen (secondary N) is 1. The van der Waals surface area contributed by atoms with Crippen LogP contribution in [-0.2, 0) is 0 Å². The Labute approximate surface area is 113 Å². The van der Waals surface area contributed by atoms with Crippen molar-refractivity contribution < 1.29 is 0 Å². The molecule has 0 bridgehead atoms. The first-order chi connectivity index (χ1) is 8.81. The van der Waals surface area contributed by atoms with Crippen molar-refractivity contribution in [2.45, 2.75) is 70.4 Å². The van der Waals surface area contributed by atoms with Gasteiger partial charge in [-0.2, -0.15) is 0 Å². The zero-order valence-electron chi connectivity index (χ0n) is 12.0. The molecule has 0 radical (unpaired) electrons. The first kappa shape index (κ1) is 12.9. The van der Waals surface area contributed by atoms with Crippen molar-refractivity contribution in [2.24, 2.45) is 11.8 Å². The van der Waals surface area contributed by atoms with E-state index in [9.17, 15) is 0 Å². The molecule has 0 aromatic heterocycles. The van der Waals surface area contributed by atoms with Gasteiger partial charge in [0, 0.05) is 18.6 Å². The normalized spacial score (nSPS) is 38.8. The van der Waals surface area contributed by atoms with Crippen LogP contribution >= 0.6 is 0 Å². The Hall–Kier alpha value is -0.0800. The molecule has 0 aromatic rings. The lowest BCUT2D eigenvalue weighted by Crippen LogP contribution is -2.34. The maximum atomic E-state index is 3.88. The minimum Gasteiger partial charge on any atom is -0.314 e. The molecule has 0 amide bonds. The minimum absolute atomic E-state index is 0.824. The van der Waals surface area contributed by atoms with E-state index >= 15 is 0 Å². The van der Waals surface area contributed by atoms with Crippen LogP contribution in [0.25, 0.3) is 0 Å². The van der Waals surface area contributed by atoms with E-state index in [2.05, 4.69) is 17.1 Å². The van der Waals surface area contributed by atoms with E-state index in [4.69, 9.17) is 0 Å². The highest BCUT2D eigenvalue weighted by atomic mass is 15.2. The predicted octanol–water partition coefficient (Wildman–Crippen LogP) is 3.03. The maximum Gasteiger partial charge on any atom is 0.00965 e. The predicted molar refractivity (Wildman–Crippen MR) is 76.7 cm³/mol. The first-order valence-electron chi connectivity index (χ1n) is 8.28. The Morgan fingerprint density at radius 2 is 1.89 bits per heavy atom. The average Bonchev–Trinajstić information content (AvgIpc) is 3.14. The first-order valence-corrected chi connectivity index (χ1v) is 8.28. The van der Waals surface area contributed by atoms with Crippen LogP contribution in [0.15, 0.2) is 0 Å². The Morgan fingerprint density at radius 3 is 2.72 bits per heavy atom. The minimum atomic E-state index is 0.824. The molecule has 0 aromatic carbocycles. The largest absolute Gasteiger partial charge is 0.314 e. The number of nitrogens with zero attached hydrogens (tertiary/aromatic N) is 1. The molecular formula is C16H30N2. The van der Waals surface area contributed by atoms with Crippen LogP contribution in [0.3, 0.4) is 0 Å². The number of likely N-dealkylation sites (tertiary alicyclic amines) is 1. The zero-order valence-corrected chi connectivity index (χ0v) is 12.0. The van der Waals surface area contributed by atoms with Crippen LogP contribution in [-0.4, -0.2) is 36.6 Å². The van der Waals surface area contributed by atoms with Crippen molar-refractivity contribution in [1.82, 2.24) is 10.2 Å². The summed E-state index contributed by atoms with van der Waals surface area (Å²) in [6, 6.07) is 1.80. The molecule has 2 nitrogen and oxygen atoms in total. The second-order valence-electron chi connectivity index (χ2n) is 7.10. The summed E-state index contributed by atoms with van der Waals surface area (Å²) >= 11 is 0. The molecule has 104 valence electrons. The third kappa shape index (κ3) is 3.48. The monoisotopic (exact) mass is 250 g/mol. The Morgan fingerprint density at radius 1 is 1.00 bits per heavy atom.